The summed E-state index contributed by atoms with van der Waals surface area (Å²) in [6, 6.07) is 6.92. The van der Waals surface area contributed by atoms with E-state index in [1.807, 2.05) is 7.05 Å². The van der Waals surface area contributed by atoms with Crippen LogP contribution in [0, 0.1) is 13.8 Å². The molecule has 1 unspecified atom stereocenters. The maximum Gasteiger partial charge on any atom is 0.0661 e. The molecule has 96 valence electrons. The van der Waals surface area contributed by atoms with Crippen molar-refractivity contribution < 1.29 is 4.74 Å². The van der Waals surface area contributed by atoms with Crippen molar-refractivity contribution in [2.45, 2.75) is 39.7 Å². The third-order valence-electron chi connectivity index (χ3n) is 3.21. The van der Waals surface area contributed by atoms with Gasteiger partial charge in [-0.3, -0.25) is 0 Å². The molecule has 0 heterocycles. The van der Waals surface area contributed by atoms with Gasteiger partial charge in [-0.2, -0.15) is 0 Å². The lowest BCUT2D eigenvalue weighted by Crippen LogP contribution is -2.22. The van der Waals surface area contributed by atoms with E-state index in [0.717, 1.165) is 19.6 Å². The van der Waals surface area contributed by atoms with Crippen molar-refractivity contribution in [3.8, 4) is 0 Å². The van der Waals surface area contributed by atoms with Crippen molar-refractivity contribution in [3.63, 3.8) is 0 Å². The van der Waals surface area contributed by atoms with Crippen molar-refractivity contribution in [2.24, 2.45) is 0 Å². The minimum atomic E-state index is 0.297. The summed E-state index contributed by atoms with van der Waals surface area (Å²) in [6.07, 6.45) is 2.33. The van der Waals surface area contributed by atoms with Crippen LogP contribution in [0.5, 0.6) is 0 Å². The molecule has 0 fully saturated rings. The zero-order valence-corrected chi connectivity index (χ0v) is 11.5. The summed E-state index contributed by atoms with van der Waals surface area (Å²) in [6.45, 7) is 8.09. The molecule has 1 aromatic rings. The van der Waals surface area contributed by atoms with Crippen molar-refractivity contribution in [2.75, 3.05) is 20.3 Å². The first-order valence-corrected chi connectivity index (χ1v) is 6.51. The summed E-state index contributed by atoms with van der Waals surface area (Å²) in [5.74, 6) is 0. The molecule has 2 nitrogen and oxygen atoms in total. The number of aryl methyl sites for hydroxylation is 2. The number of benzene rings is 1. The molecule has 1 rings (SSSR count). The van der Waals surface area contributed by atoms with Crippen LogP contribution in [0.2, 0.25) is 0 Å². The number of hydrogen-bond acceptors (Lipinski definition) is 2. The van der Waals surface area contributed by atoms with Crippen molar-refractivity contribution in [3.05, 3.63) is 34.9 Å². The first-order chi connectivity index (χ1) is 8.19. The van der Waals surface area contributed by atoms with Gasteiger partial charge in [0.25, 0.3) is 0 Å². The van der Waals surface area contributed by atoms with E-state index in [2.05, 4.69) is 44.3 Å². The zero-order valence-electron chi connectivity index (χ0n) is 11.5. The van der Waals surface area contributed by atoms with Gasteiger partial charge in [0.1, 0.15) is 0 Å². The molecule has 17 heavy (non-hydrogen) atoms. The summed E-state index contributed by atoms with van der Waals surface area (Å²) in [4.78, 5) is 0. The minimum absolute atomic E-state index is 0.297. The van der Waals surface area contributed by atoms with E-state index in [9.17, 15) is 0 Å². The first-order valence-electron chi connectivity index (χ1n) is 6.51. The van der Waals surface area contributed by atoms with Gasteiger partial charge in [0.15, 0.2) is 0 Å². The highest BCUT2D eigenvalue weighted by Crippen LogP contribution is 2.17. The largest absolute Gasteiger partial charge is 0.379 e. The molecule has 1 N–H and O–H groups in total. The van der Waals surface area contributed by atoms with E-state index < -0.39 is 0 Å². The second kappa shape index (κ2) is 7.46. The predicted octanol–water partition coefficient (Wildman–Crippen LogP) is 3.38. The van der Waals surface area contributed by atoms with Gasteiger partial charge in [-0.1, -0.05) is 31.5 Å². The SMILES string of the molecule is CCCCOCC(NC)c1ccc(C)c(C)c1. The Bertz CT molecular complexity index is 336. The highest BCUT2D eigenvalue weighted by atomic mass is 16.5. The third kappa shape index (κ3) is 4.49. The molecule has 0 bridgehead atoms. The lowest BCUT2D eigenvalue weighted by molar-refractivity contribution is 0.111. The normalized spacial score (nSPS) is 12.7. The van der Waals surface area contributed by atoms with E-state index >= 15 is 0 Å². The Balaban J connectivity index is 2.56. The highest BCUT2D eigenvalue weighted by Gasteiger charge is 2.09. The Morgan fingerprint density at radius 3 is 2.59 bits per heavy atom. The molecule has 0 saturated heterocycles. The maximum atomic E-state index is 5.69. The van der Waals surface area contributed by atoms with Crippen LogP contribution in [-0.2, 0) is 4.74 Å². The molecule has 0 aliphatic carbocycles. The Morgan fingerprint density at radius 2 is 2.00 bits per heavy atom. The van der Waals surface area contributed by atoms with Gasteiger partial charge in [-0.15, -0.1) is 0 Å². The van der Waals surface area contributed by atoms with E-state index in [-0.39, 0.29) is 0 Å². The van der Waals surface area contributed by atoms with Crippen LogP contribution in [0.1, 0.15) is 42.5 Å². The van der Waals surface area contributed by atoms with Crippen LogP contribution in [-0.4, -0.2) is 20.3 Å². The zero-order chi connectivity index (χ0) is 12.7. The molecule has 0 spiro atoms. The fourth-order valence-corrected chi connectivity index (χ4v) is 1.78. The number of nitrogens with one attached hydrogen (secondary N) is 1. The average Bonchev–Trinajstić information content (AvgIpc) is 2.33. The lowest BCUT2D eigenvalue weighted by Gasteiger charge is -2.18. The number of hydrogen-bond donors (Lipinski definition) is 1. The smallest absolute Gasteiger partial charge is 0.0661 e. The van der Waals surface area contributed by atoms with E-state index in [4.69, 9.17) is 4.74 Å². The molecule has 0 saturated carbocycles. The molecular weight excluding hydrogens is 210 g/mol. The van der Waals surface area contributed by atoms with Crippen LogP contribution in [0.3, 0.4) is 0 Å². The average molecular weight is 235 g/mol. The lowest BCUT2D eigenvalue weighted by atomic mass is 10.0. The van der Waals surface area contributed by atoms with E-state index in [1.54, 1.807) is 0 Å². The molecule has 0 radical (unpaired) electrons. The van der Waals surface area contributed by atoms with Crippen molar-refractivity contribution in [1.82, 2.24) is 5.32 Å². The van der Waals surface area contributed by atoms with Crippen molar-refractivity contribution >= 4 is 0 Å². The Labute approximate surface area is 105 Å². The van der Waals surface area contributed by atoms with Gasteiger partial charge in [0, 0.05) is 6.61 Å². The van der Waals surface area contributed by atoms with Crippen LogP contribution in [0.4, 0.5) is 0 Å². The fraction of sp³-hybridized carbons (Fsp3) is 0.600. The second-order valence-electron chi connectivity index (χ2n) is 4.61. The Hall–Kier alpha value is -0.860. The molecule has 1 aromatic carbocycles. The Morgan fingerprint density at radius 1 is 1.24 bits per heavy atom. The standard InChI is InChI=1S/C15H25NO/c1-5-6-9-17-11-15(16-4)14-8-7-12(2)13(3)10-14/h7-8,10,15-16H,5-6,9,11H2,1-4H3. The fourth-order valence-electron chi connectivity index (χ4n) is 1.78. The molecule has 0 aliphatic rings. The monoisotopic (exact) mass is 235 g/mol. The molecule has 0 aliphatic heterocycles. The van der Waals surface area contributed by atoms with Crippen LogP contribution in [0.15, 0.2) is 18.2 Å². The molecule has 2 heteroatoms. The number of rotatable bonds is 7. The van der Waals surface area contributed by atoms with Crippen LogP contribution >= 0.6 is 0 Å². The van der Waals surface area contributed by atoms with Crippen molar-refractivity contribution in [1.29, 1.82) is 0 Å². The van der Waals surface area contributed by atoms with Gasteiger partial charge in [-0.25, -0.2) is 0 Å². The van der Waals surface area contributed by atoms with E-state index in [1.165, 1.54) is 23.1 Å². The molecular formula is C15H25NO. The summed E-state index contributed by atoms with van der Waals surface area (Å²) in [5, 5.41) is 3.32. The Kier molecular flexibility index (Phi) is 6.23. The summed E-state index contributed by atoms with van der Waals surface area (Å²) in [5.41, 5.74) is 4.00. The number of unbranched alkanes of at least 4 members (excludes halogenated alkanes) is 1. The number of likely N-dealkylation sites (N-methyl/N-ethyl adjacent to an activating group) is 1. The molecule has 1 atom stereocenters. The van der Waals surface area contributed by atoms with Gasteiger partial charge < -0.3 is 10.1 Å². The summed E-state index contributed by atoms with van der Waals surface area (Å²) >= 11 is 0. The summed E-state index contributed by atoms with van der Waals surface area (Å²) in [7, 11) is 1.99. The highest BCUT2D eigenvalue weighted by molar-refractivity contribution is 5.31. The van der Waals surface area contributed by atoms with Crippen LogP contribution < -0.4 is 5.32 Å². The predicted molar refractivity (Wildman–Crippen MR) is 73.4 cm³/mol. The van der Waals surface area contributed by atoms with Crippen LogP contribution in [0.25, 0.3) is 0 Å². The van der Waals surface area contributed by atoms with Gasteiger partial charge in [0.05, 0.1) is 12.6 Å². The van der Waals surface area contributed by atoms with Gasteiger partial charge in [0.2, 0.25) is 0 Å². The molecule has 0 amide bonds. The summed E-state index contributed by atoms with van der Waals surface area (Å²) < 4.78 is 5.69. The first kappa shape index (κ1) is 14.2. The minimum Gasteiger partial charge on any atom is -0.379 e. The van der Waals surface area contributed by atoms with Gasteiger partial charge in [-0.05, 0) is 44.0 Å². The second-order valence-corrected chi connectivity index (χ2v) is 4.61. The quantitative estimate of drug-likeness (QED) is 0.732. The maximum absolute atomic E-state index is 5.69. The number of ether oxygens (including phenoxy) is 1. The third-order valence-corrected chi connectivity index (χ3v) is 3.21. The van der Waals surface area contributed by atoms with E-state index in [0.29, 0.717) is 6.04 Å². The molecule has 0 aromatic heterocycles. The van der Waals surface area contributed by atoms with Gasteiger partial charge >= 0.3 is 0 Å². The topological polar surface area (TPSA) is 21.3 Å².